The molecule has 106 valence electrons. The molecule has 0 heterocycles. The third kappa shape index (κ3) is 3.10. The van der Waals surface area contributed by atoms with Crippen molar-refractivity contribution in [3.8, 4) is 5.75 Å². The van der Waals surface area contributed by atoms with E-state index in [1.165, 1.54) is 25.7 Å². The highest BCUT2D eigenvalue weighted by Crippen LogP contribution is 2.44. The van der Waals surface area contributed by atoms with E-state index in [1.54, 1.807) is 30.5 Å². The van der Waals surface area contributed by atoms with Gasteiger partial charge in [-0.05, 0) is 73.1 Å². The normalized spacial score (nSPS) is 27.9. The predicted octanol–water partition coefficient (Wildman–Crippen LogP) is 2.38. The monoisotopic (exact) mass is 289 g/mol. The van der Waals surface area contributed by atoms with Crippen molar-refractivity contribution in [3.05, 3.63) is 29.8 Å². The molecule has 3 N–H and O–H groups in total. The van der Waals surface area contributed by atoms with Crippen molar-refractivity contribution >= 4 is 23.5 Å². The fourth-order valence-corrected chi connectivity index (χ4v) is 3.55. The van der Waals surface area contributed by atoms with Gasteiger partial charge in [0.05, 0.1) is 6.21 Å². The van der Waals surface area contributed by atoms with Crippen LogP contribution >= 0.6 is 12.2 Å². The highest BCUT2D eigenvalue weighted by Gasteiger charge is 2.39. The summed E-state index contributed by atoms with van der Waals surface area (Å²) in [6.45, 7) is 0. The maximum atomic E-state index is 9.19. The van der Waals surface area contributed by atoms with Crippen LogP contribution in [0.2, 0.25) is 0 Å². The number of hydrogen-bond acceptors (Lipinski definition) is 3. The lowest BCUT2D eigenvalue weighted by Gasteiger charge is -2.23. The second-order valence-corrected chi connectivity index (χ2v) is 6.12. The Morgan fingerprint density at radius 2 is 2.05 bits per heavy atom. The van der Waals surface area contributed by atoms with Gasteiger partial charge in [-0.2, -0.15) is 5.10 Å². The number of hydrazone groups is 1. The summed E-state index contributed by atoms with van der Waals surface area (Å²) in [4.78, 5) is 0. The SMILES string of the molecule is Oc1ccc(/C=N\NC(=S)N[C@H]2C[C@H]3CC[C@H]2C3)cc1. The van der Waals surface area contributed by atoms with E-state index in [0.29, 0.717) is 11.2 Å². The Balaban J connectivity index is 1.46. The molecular weight excluding hydrogens is 270 g/mol. The number of nitrogens with one attached hydrogen (secondary N) is 2. The molecule has 0 saturated heterocycles. The minimum atomic E-state index is 0.253. The summed E-state index contributed by atoms with van der Waals surface area (Å²) >= 11 is 5.27. The molecule has 3 atom stereocenters. The minimum Gasteiger partial charge on any atom is -0.508 e. The summed E-state index contributed by atoms with van der Waals surface area (Å²) in [5.74, 6) is 1.95. The third-order valence-corrected chi connectivity index (χ3v) is 4.54. The molecule has 2 bridgehead atoms. The van der Waals surface area contributed by atoms with E-state index in [1.807, 2.05) is 0 Å². The van der Waals surface area contributed by atoms with Crippen molar-refractivity contribution in [2.24, 2.45) is 16.9 Å². The van der Waals surface area contributed by atoms with Gasteiger partial charge in [0.2, 0.25) is 0 Å². The molecule has 0 aromatic heterocycles. The quantitative estimate of drug-likeness (QED) is 0.454. The number of nitrogens with zero attached hydrogens (tertiary/aromatic N) is 1. The molecule has 5 heteroatoms. The van der Waals surface area contributed by atoms with Gasteiger partial charge < -0.3 is 10.4 Å². The average Bonchev–Trinajstić information content (AvgIpc) is 3.03. The highest BCUT2D eigenvalue weighted by molar-refractivity contribution is 7.80. The summed E-state index contributed by atoms with van der Waals surface area (Å²) in [7, 11) is 0. The molecule has 0 amide bonds. The second kappa shape index (κ2) is 5.79. The number of aromatic hydroxyl groups is 1. The summed E-state index contributed by atoms with van der Waals surface area (Å²) < 4.78 is 0. The van der Waals surface area contributed by atoms with Gasteiger partial charge in [-0.15, -0.1) is 0 Å². The van der Waals surface area contributed by atoms with Crippen LogP contribution in [-0.2, 0) is 0 Å². The molecule has 4 nitrogen and oxygen atoms in total. The Bertz CT molecular complexity index is 514. The molecule has 1 aromatic rings. The molecule has 1 aromatic carbocycles. The maximum absolute atomic E-state index is 9.19. The van der Waals surface area contributed by atoms with Crippen LogP contribution in [-0.4, -0.2) is 22.5 Å². The summed E-state index contributed by atoms with van der Waals surface area (Å²) in [6.07, 6.45) is 7.02. The standard InChI is InChI=1S/C15H19N3OS/c19-13-5-2-10(3-6-13)9-16-18-15(20)17-14-8-11-1-4-12(14)7-11/h2-3,5-6,9,11-12,14,19H,1,4,7-8H2,(H2,17,18,20)/b16-9-/t11-,12-,14-/m0/s1. The Labute approximate surface area is 124 Å². The van der Waals surface area contributed by atoms with Crippen LogP contribution in [0.1, 0.15) is 31.2 Å². The molecule has 3 rings (SSSR count). The number of rotatable bonds is 3. The first-order valence-corrected chi connectivity index (χ1v) is 7.50. The van der Waals surface area contributed by atoms with Crippen LogP contribution < -0.4 is 10.7 Å². The summed E-state index contributed by atoms with van der Waals surface area (Å²) in [5, 5.41) is 17.3. The smallest absolute Gasteiger partial charge is 0.187 e. The molecule has 2 aliphatic carbocycles. The van der Waals surface area contributed by atoms with Gasteiger partial charge >= 0.3 is 0 Å². The van der Waals surface area contributed by atoms with Crippen LogP contribution in [0.15, 0.2) is 29.4 Å². The lowest BCUT2D eigenvalue weighted by atomic mass is 9.96. The van der Waals surface area contributed by atoms with Crippen LogP contribution in [0.5, 0.6) is 5.75 Å². The molecule has 0 radical (unpaired) electrons. The molecule has 2 aliphatic rings. The Kier molecular flexibility index (Phi) is 3.87. The van der Waals surface area contributed by atoms with E-state index in [4.69, 9.17) is 12.2 Å². The maximum Gasteiger partial charge on any atom is 0.187 e. The fourth-order valence-electron chi connectivity index (χ4n) is 3.35. The van der Waals surface area contributed by atoms with Gasteiger partial charge in [0.1, 0.15) is 5.75 Å². The molecule has 2 saturated carbocycles. The van der Waals surface area contributed by atoms with E-state index in [2.05, 4.69) is 15.8 Å². The summed E-state index contributed by atoms with van der Waals surface area (Å²) in [5.41, 5.74) is 3.77. The van der Waals surface area contributed by atoms with Crippen LogP contribution in [0.25, 0.3) is 0 Å². The fraction of sp³-hybridized carbons (Fsp3) is 0.467. The zero-order chi connectivity index (χ0) is 13.9. The summed E-state index contributed by atoms with van der Waals surface area (Å²) in [6, 6.07) is 7.39. The highest BCUT2D eigenvalue weighted by atomic mass is 32.1. The van der Waals surface area contributed by atoms with E-state index in [9.17, 15) is 5.11 Å². The first-order valence-electron chi connectivity index (χ1n) is 7.09. The first kappa shape index (κ1) is 13.4. The molecule has 2 fully saturated rings. The van der Waals surface area contributed by atoms with Crippen molar-refractivity contribution < 1.29 is 5.11 Å². The Hall–Kier alpha value is -1.62. The molecular formula is C15H19N3OS. The van der Waals surface area contributed by atoms with Crippen LogP contribution in [0, 0.1) is 11.8 Å². The van der Waals surface area contributed by atoms with Crippen molar-refractivity contribution in [2.45, 2.75) is 31.7 Å². The number of fused-ring (bicyclic) bond motifs is 2. The number of thiocarbonyl (C=S) groups is 1. The van der Waals surface area contributed by atoms with Crippen molar-refractivity contribution in [2.75, 3.05) is 0 Å². The van der Waals surface area contributed by atoms with E-state index >= 15 is 0 Å². The number of phenolic OH excluding ortho intramolecular Hbond substituents is 1. The third-order valence-electron chi connectivity index (χ3n) is 4.33. The van der Waals surface area contributed by atoms with Crippen molar-refractivity contribution in [3.63, 3.8) is 0 Å². The van der Waals surface area contributed by atoms with Gasteiger partial charge in [0.25, 0.3) is 0 Å². The average molecular weight is 289 g/mol. The zero-order valence-electron chi connectivity index (χ0n) is 11.2. The van der Waals surface area contributed by atoms with Gasteiger partial charge in [0.15, 0.2) is 5.11 Å². The van der Waals surface area contributed by atoms with E-state index < -0.39 is 0 Å². The number of benzene rings is 1. The first-order chi connectivity index (χ1) is 9.70. The molecule has 0 aliphatic heterocycles. The predicted molar refractivity (Wildman–Crippen MR) is 83.8 cm³/mol. The molecule has 20 heavy (non-hydrogen) atoms. The second-order valence-electron chi connectivity index (χ2n) is 5.72. The van der Waals surface area contributed by atoms with Crippen molar-refractivity contribution in [1.29, 1.82) is 0 Å². The van der Waals surface area contributed by atoms with Crippen LogP contribution in [0.4, 0.5) is 0 Å². The molecule has 0 spiro atoms. The Morgan fingerprint density at radius 3 is 2.70 bits per heavy atom. The van der Waals surface area contributed by atoms with Gasteiger partial charge in [-0.1, -0.05) is 6.42 Å². The lowest BCUT2D eigenvalue weighted by Crippen LogP contribution is -2.42. The van der Waals surface area contributed by atoms with Gasteiger partial charge in [-0.3, -0.25) is 5.43 Å². The number of hydrogen-bond donors (Lipinski definition) is 3. The minimum absolute atomic E-state index is 0.253. The van der Waals surface area contributed by atoms with Gasteiger partial charge in [-0.25, -0.2) is 0 Å². The van der Waals surface area contributed by atoms with Crippen LogP contribution in [0.3, 0.4) is 0 Å². The number of phenols is 1. The topological polar surface area (TPSA) is 56.7 Å². The largest absolute Gasteiger partial charge is 0.508 e. The van der Waals surface area contributed by atoms with Gasteiger partial charge in [0, 0.05) is 6.04 Å². The van der Waals surface area contributed by atoms with E-state index in [-0.39, 0.29) is 5.75 Å². The molecule has 0 unspecified atom stereocenters. The Morgan fingerprint density at radius 1 is 1.25 bits per heavy atom. The lowest BCUT2D eigenvalue weighted by molar-refractivity contribution is 0.389. The zero-order valence-corrected chi connectivity index (χ0v) is 12.1. The van der Waals surface area contributed by atoms with Crippen molar-refractivity contribution in [1.82, 2.24) is 10.7 Å². The van der Waals surface area contributed by atoms with E-state index in [0.717, 1.165) is 17.4 Å².